The molecule has 1 saturated heterocycles. The zero-order chi connectivity index (χ0) is 22.5. The molecule has 3 aromatic rings. The van der Waals surface area contributed by atoms with Crippen LogP contribution in [0.25, 0.3) is 10.9 Å². The molecule has 168 valence electrons. The fourth-order valence-electron chi connectivity index (χ4n) is 4.04. The summed E-state index contributed by atoms with van der Waals surface area (Å²) in [6.07, 6.45) is 4.14. The van der Waals surface area contributed by atoms with Crippen LogP contribution in [0.2, 0.25) is 0 Å². The Morgan fingerprint density at radius 1 is 1.09 bits per heavy atom. The number of amides is 2. The van der Waals surface area contributed by atoms with Crippen LogP contribution in [-0.2, 0) is 16.1 Å². The van der Waals surface area contributed by atoms with E-state index in [1.54, 1.807) is 7.11 Å². The van der Waals surface area contributed by atoms with Gasteiger partial charge in [0.05, 0.1) is 18.6 Å². The Morgan fingerprint density at radius 2 is 1.81 bits per heavy atom. The van der Waals surface area contributed by atoms with Gasteiger partial charge in [-0.05, 0) is 37.0 Å². The minimum absolute atomic E-state index is 0.102. The molecule has 2 heterocycles. The van der Waals surface area contributed by atoms with Crippen LogP contribution in [0.15, 0.2) is 59.6 Å². The first-order valence-corrected chi connectivity index (χ1v) is 11.9. The summed E-state index contributed by atoms with van der Waals surface area (Å²) in [6.45, 7) is 4.24. The van der Waals surface area contributed by atoms with E-state index in [-0.39, 0.29) is 17.6 Å². The largest absolute Gasteiger partial charge is 0.495 e. The molecule has 2 amide bonds. The van der Waals surface area contributed by atoms with Gasteiger partial charge in [0.25, 0.3) is 0 Å². The number of nitrogens with zero attached hydrogens (tertiary/aromatic N) is 2. The number of hydrogen-bond acceptors (Lipinski definition) is 4. The Labute approximate surface area is 192 Å². The molecule has 6 nitrogen and oxygen atoms in total. The number of rotatable bonds is 7. The van der Waals surface area contributed by atoms with Crippen LogP contribution >= 0.6 is 11.8 Å². The summed E-state index contributed by atoms with van der Waals surface area (Å²) < 4.78 is 7.31. The molecular weight excluding hydrogens is 422 g/mol. The molecule has 7 heteroatoms. The fourth-order valence-corrected chi connectivity index (χ4v) is 4.93. The first-order valence-electron chi connectivity index (χ1n) is 11.0. The molecule has 2 aromatic carbocycles. The summed E-state index contributed by atoms with van der Waals surface area (Å²) >= 11 is 1.48. The van der Waals surface area contributed by atoms with E-state index in [0.29, 0.717) is 23.9 Å². The number of hydrogen-bond donors (Lipinski definition) is 1. The van der Waals surface area contributed by atoms with Crippen molar-refractivity contribution in [3.63, 3.8) is 0 Å². The van der Waals surface area contributed by atoms with Crippen LogP contribution < -0.4 is 10.1 Å². The van der Waals surface area contributed by atoms with E-state index in [2.05, 4.69) is 12.2 Å². The molecule has 4 rings (SSSR count). The Morgan fingerprint density at radius 3 is 2.59 bits per heavy atom. The van der Waals surface area contributed by atoms with Crippen molar-refractivity contribution in [1.82, 2.24) is 9.47 Å². The van der Waals surface area contributed by atoms with Crippen LogP contribution in [0.1, 0.15) is 19.8 Å². The maximum absolute atomic E-state index is 12.9. The number of carbonyl (C=O) groups excluding carboxylic acids is 2. The van der Waals surface area contributed by atoms with Crippen molar-refractivity contribution in [1.29, 1.82) is 0 Å². The highest BCUT2D eigenvalue weighted by molar-refractivity contribution is 8.00. The van der Waals surface area contributed by atoms with Gasteiger partial charge in [-0.1, -0.05) is 37.3 Å². The normalized spacial score (nSPS) is 14.5. The van der Waals surface area contributed by atoms with Crippen molar-refractivity contribution < 1.29 is 14.3 Å². The minimum atomic E-state index is -0.102. The predicted molar refractivity (Wildman–Crippen MR) is 129 cm³/mol. The summed E-state index contributed by atoms with van der Waals surface area (Å²) in [7, 11) is 1.58. The first kappa shape index (κ1) is 22.3. The lowest BCUT2D eigenvalue weighted by Crippen LogP contribution is -2.39. The van der Waals surface area contributed by atoms with Gasteiger partial charge >= 0.3 is 0 Å². The van der Waals surface area contributed by atoms with Gasteiger partial charge in [-0.15, -0.1) is 11.8 Å². The van der Waals surface area contributed by atoms with Crippen LogP contribution in [0.4, 0.5) is 5.69 Å². The van der Waals surface area contributed by atoms with Crippen molar-refractivity contribution in [3.05, 3.63) is 54.7 Å². The molecule has 1 fully saturated rings. The zero-order valence-corrected chi connectivity index (χ0v) is 19.4. The van der Waals surface area contributed by atoms with Gasteiger partial charge in [0.1, 0.15) is 12.3 Å². The lowest BCUT2D eigenvalue weighted by Gasteiger charge is -2.30. The molecule has 1 N–H and O–H groups in total. The zero-order valence-electron chi connectivity index (χ0n) is 18.5. The number of likely N-dealkylation sites (tertiary alicyclic amines) is 1. The number of nitrogens with one attached hydrogen (secondary N) is 1. The molecule has 0 saturated carbocycles. The van der Waals surface area contributed by atoms with Crippen molar-refractivity contribution in [3.8, 4) is 5.75 Å². The fraction of sp³-hybridized carbons (Fsp3) is 0.360. The predicted octanol–water partition coefficient (Wildman–Crippen LogP) is 4.64. The molecule has 0 atom stereocenters. The molecule has 0 spiro atoms. The molecule has 0 unspecified atom stereocenters. The smallest absolute Gasteiger partial charge is 0.242 e. The standard InChI is InChI=1S/C25H29N3O3S/c1-18-11-13-27(14-12-18)25(30)16-28-15-23(19-7-3-5-9-21(19)28)32-17-24(29)26-20-8-4-6-10-22(20)31-2/h3-10,15,18H,11-14,16-17H2,1-2H3,(H,26,29). The maximum Gasteiger partial charge on any atom is 0.242 e. The van der Waals surface area contributed by atoms with Crippen LogP contribution in [0.5, 0.6) is 5.75 Å². The number of para-hydroxylation sites is 3. The van der Waals surface area contributed by atoms with E-state index in [0.717, 1.165) is 41.7 Å². The number of benzene rings is 2. The molecule has 1 aromatic heterocycles. The second kappa shape index (κ2) is 10.1. The van der Waals surface area contributed by atoms with Crippen molar-refractivity contribution >= 4 is 40.2 Å². The number of carbonyl (C=O) groups is 2. The quantitative estimate of drug-likeness (QED) is 0.532. The number of anilines is 1. The van der Waals surface area contributed by atoms with Gasteiger partial charge < -0.3 is 19.5 Å². The molecule has 0 radical (unpaired) electrons. The molecule has 1 aliphatic heterocycles. The number of piperidine rings is 1. The Hall–Kier alpha value is -2.93. The van der Waals surface area contributed by atoms with Crippen LogP contribution in [-0.4, -0.2) is 47.2 Å². The number of thioether (sulfide) groups is 1. The number of methoxy groups -OCH3 is 1. The molecule has 0 aliphatic carbocycles. The highest BCUT2D eigenvalue weighted by Gasteiger charge is 2.21. The van der Waals surface area contributed by atoms with Crippen LogP contribution in [0, 0.1) is 5.92 Å². The average molecular weight is 452 g/mol. The average Bonchev–Trinajstić information content (AvgIpc) is 3.16. The summed E-state index contributed by atoms with van der Waals surface area (Å²) in [6, 6.07) is 15.4. The highest BCUT2D eigenvalue weighted by Crippen LogP contribution is 2.31. The van der Waals surface area contributed by atoms with E-state index < -0.39 is 0 Å². The SMILES string of the molecule is COc1ccccc1NC(=O)CSc1cn(CC(=O)N2CCC(C)CC2)c2ccccc12. The van der Waals surface area contributed by atoms with E-state index in [4.69, 9.17) is 4.74 Å². The highest BCUT2D eigenvalue weighted by atomic mass is 32.2. The maximum atomic E-state index is 12.9. The first-order chi connectivity index (χ1) is 15.5. The van der Waals surface area contributed by atoms with Gasteiger partial charge in [-0.3, -0.25) is 9.59 Å². The summed E-state index contributed by atoms with van der Waals surface area (Å²) in [4.78, 5) is 28.4. The van der Waals surface area contributed by atoms with Crippen molar-refractivity contribution in [2.24, 2.45) is 5.92 Å². The third kappa shape index (κ3) is 5.10. The summed E-state index contributed by atoms with van der Waals surface area (Å²) in [5, 5.41) is 3.97. The molecule has 0 bridgehead atoms. The lowest BCUT2D eigenvalue weighted by atomic mass is 9.99. The van der Waals surface area contributed by atoms with E-state index in [9.17, 15) is 9.59 Å². The summed E-state index contributed by atoms with van der Waals surface area (Å²) in [5.41, 5.74) is 1.67. The number of fused-ring (bicyclic) bond motifs is 1. The summed E-state index contributed by atoms with van der Waals surface area (Å²) in [5.74, 6) is 1.65. The number of aromatic nitrogens is 1. The number of ether oxygens (including phenoxy) is 1. The molecule has 32 heavy (non-hydrogen) atoms. The Balaban J connectivity index is 1.44. The third-order valence-electron chi connectivity index (χ3n) is 5.93. The van der Waals surface area contributed by atoms with Gasteiger partial charge in [-0.2, -0.15) is 0 Å². The van der Waals surface area contributed by atoms with Gasteiger partial charge in [0.2, 0.25) is 11.8 Å². The van der Waals surface area contributed by atoms with Gasteiger partial charge in [-0.25, -0.2) is 0 Å². The van der Waals surface area contributed by atoms with Crippen molar-refractivity contribution in [2.75, 3.05) is 31.3 Å². The second-order valence-corrected chi connectivity index (χ2v) is 9.26. The van der Waals surface area contributed by atoms with E-state index in [1.807, 2.05) is 64.2 Å². The molecular formula is C25H29N3O3S. The Bertz CT molecular complexity index is 1100. The van der Waals surface area contributed by atoms with Gasteiger partial charge in [0, 0.05) is 35.1 Å². The topological polar surface area (TPSA) is 63.6 Å². The van der Waals surface area contributed by atoms with Gasteiger partial charge in [0.15, 0.2) is 0 Å². The van der Waals surface area contributed by atoms with E-state index >= 15 is 0 Å². The minimum Gasteiger partial charge on any atom is -0.495 e. The molecule has 1 aliphatic rings. The third-order valence-corrected chi connectivity index (χ3v) is 6.98. The van der Waals surface area contributed by atoms with Crippen molar-refractivity contribution in [2.45, 2.75) is 31.2 Å². The Kier molecular flexibility index (Phi) is 7.05. The second-order valence-electron chi connectivity index (χ2n) is 8.24. The lowest BCUT2D eigenvalue weighted by molar-refractivity contribution is -0.133. The monoisotopic (exact) mass is 451 g/mol. The van der Waals surface area contributed by atoms with E-state index in [1.165, 1.54) is 11.8 Å². The van der Waals surface area contributed by atoms with Crippen LogP contribution in [0.3, 0.4) is 0 Å².